The Kier molecular flexibility index (Phi) is 2.73. The summed E-state index contributed by atoms with van der Waals surface area (Å²) in [5.74, 6) is -1.77. The molecule has 19 heavy (non-hydrogen) atoms. The van der Waals surface area contributed by atoms with Crippen molar-refractivity contribution in [1.29, 1.82) is 0 Å². The Morgan fingerprint density at radius 2 is 2.00 bits per heavy atom. The summed E-state index contributed by atoms with van der Waals surface area (Å²) < 4.78 is 26.5. The third kappa shape index (κ3) is 2.07. The fraction of sp³-hybridized carbons (Fsp3) is 0.500. The third-order valence-electron chi connectivity index (χ3n) is 4.03. The van der Waals surface area contributed by atoms with E-state index in [0.29, 0.717) is 11.6 Å². The maximum absolute atomic E-state index is 13.3. The van der Waals surface area contributed by atoms with Crippen molar-refractivity contribution in [2.24, 2.45) is 5.92 Å². The maximum atomic E-state index is 13.3. The molecule has 1 aliphatic carbocycles. The van der Waals surface area contributed by atoms with Gasteiger partial charge in [-0.15, -0.1) is 0 Å². The van der Waals surface area contributed by atoms with Gasteiger partial charge in [0.05, 0.1) is 11.3 Å². The van der Waals surface area contributed by atoms with Crippen molar-refractivity contribution in [3.05, 3.63) is 29.3 Å². The van der Waals surface area contributed by atoms with E-state index >= 15 is 0 Å². The average molecular weight is 266 g/mol. The van der Waals surface area contributed by atoms with Gasteiger partial charge in [0.1, 0.15) is 5.66 Å². The van der Waals surface area contributed by atoms with Crippen LogP contribution in [-0.2, 0) is 0 Å². The molecular weight excluding hydrogens is 250 g/mol. The highest BCUT2D eigenvalue weighted by molar-refractivity contribution is 6.02. The molecule has 3 rings (SSSR count). The van der Waals surface area contributed by atoms with E-state index in [1.165, 1.54) is 0 Å². The minimum atomic E-state index is -0.997. The van der Waals surface area contributed by atoms with Crippen molar-refractivity contribution < 1.29 is 13.6 Å². The van der Waals surface area contributed by atoms with E-state index in [1.54, 1.807) is 0 Å². The molecule has 0 radical (unpaired) electrons. The van der Waals surface area contributed by atoms with Gasteiger partial charge >= 0.3 is 0 Å². The SMILES string of the molecule is CC1CCCC2(C1)NC(=O)c1cc(F)c(F)cc1N2. The molecule has 1 spiro atoms. The normalized spacial score (nSPS) is 29.6. The van der Waals surface area contributed by atoms with E-state index < -0.39 is 17.3 Å². The van der Waals surface area contributed by atoms with Crippen LogP contribution in [0.4, 0.5) is 14.5 Å². The first-order valence-corrected chi connectivity index (χ1v) is 6.59. The molecule has 0 bridgehead atoms. The van der Waals surface area contributed by atoms with Crippen molar-refractivity contribution in [2.45, 2.75) is 38.3 Å². The molecule has 2 N–H and O–H groups in total. The summed E-state index contributed by atoms with van der Waals surface area (Å²) in [6.07, 6.45) is 3.75. The van der Waals surface area contributed by atoms with Gasteiger partial charge in [0.25, 0.3) is 5.91 Å². The highest BCUT2D eigenvalue weighted by atomic mass is 19.2. The highest BCUT2D eigenvalue weighted by Crippen LogP contribution is 2.37. The summed E-state index contributed by atoms with van der Waals surface area (Å²) in [5.41, 5.74) is 0.0472. The number of benzene rings is 1. The molecule has 1 aliphatic heterocycles. The van der Waals surface area contributed by atoms with Gasteiger partial charge < -0.3 is 10.6 Å². The Balaban J connectivity index is 1.99. The zero-order chi connectivity index (χ0) is 13.6. The summed E-state index contributed by atoms with van der Waals surface area (Å²) >= 11 is 0. The summed E-state index contributed by atoms with van der Waals surface area (Å²) in [7, 11) is 0. The first kappa shape index (κ1) is 12.4. The monoisotopic (exact) mass is 266 g/mol. The lowest BCUT2D eigenvalue weighted by Crippen LogP contribution is -2.59. The first-order valence-electron chi connectivity index (χ1n) is 6.59. The van der Waals surface area contributed by atoms with Gasteiger partial charge in [-0.05, 0) is 31.2 Å². The number of anilines is 1. The molecule has 1 aromatic carbocycles. The minimum Gasteiger partial charge on any atom is -0.362 e. The number of amides is 1. The van der Waals surface area contributed by atoms with Crippen molar-refractivity contribution in [3.8, 4) is 0 Å². The second-order valence-corrected chi connectivity index (χ2v) is 5.67. The second-order valence-electron chi connectivity index (χ2n) is 5.67. The van der Waals surface area contributed by atoms with Gasteiger partial charge in [-0.25, -0.2) is 8.78 Å². The van der Waals surface area contributed by atoms with Gasteiger partial charge in [0.15, 0.2) is 11.6 Å². The van der Waals surface area contributed by atoms with Crippen LogP contribution in [0.25, 0.3) is 0 Å². The van der Waals surface area contributed by atoms with Gasteiger partial charge in [-0.3, -0.25) is 4.79 Å². The first-order chi connectivity index (χ1) is 8.99. The zero-order valence-electron chi connectivity index (χ0n) is 10.7. The number of fused-ring (bicyclic) bond motifs is 1. The molecule has 1 amide bonds. The Bertz CT molecular complexity index is 546. The van der Waals surface area contributed by atoms with Gasteiger partial charge in [0, 0.05) is 6.07 Å². The topological polar surface area (TPSA) is 41.1 Å². The maximum Gasteiger partial charge on any atom is 0.255 e. The predicted octanol–water partition coefficient (Wildman–Crippen LogP) is 3.03. The van der Waals surface area contributed by atoms with E-state index in [0.717, 1.165) is 37.8 Å². The average Bonchev–Trinajstić information content (AvgIpc) is 2.32. The summed E-state index contributed by atoms with van der Waals surface area (Å²) in [4.78, 5) is 12.1. The van der Waals surface area contributed by atoms with Crippen LogP contribution in [0.1, 0.15) is 43.0 Å². The van der Waals surface area contributed by atoms with Crippen LogP contribution in [0.2, 0.25) is 0 Å². The van der Waals surface area contributed by atoms with Crippen LogP contribution in [0.5, 0.6) is 0 Å². The standard InChI is InChI=1S/C14H16F2N2O/c1-8-3-2-4-14(7-8)17-12-6-11(16)10(15)5-9(12)13(19)18-14/h5-6,8,17H,2-4,7H2,1H3,(H,18,19). The van der Waals surface area contributed by atoms with Crippen LogP contribution in [0.15, 0.2) is 12.1 Å². The lowest BCUT2D eigenvalue weighted by Gasteiger charge is -2.45. The molecule has 0 saturated heterocycles. The van der Waals surface area contributed by atoms with Crippen molar-refractivity contribution in [3.63, 3.8) is 0 Å². The van der Waals surface area contributed by atoms with Crippen molar-refractivity contribution >= 4 is 11.6 Å². The molecule has 2 atom stereocenters. The van der Waals surface area contributed by atoms with Crippen LogP contribution in [0, 0.1) is 17.6 Å². The lowest BCUT2D eigenvalue weighted by atomic mass is 9.80. The highest BCUT2D eigenvalue weighted by Gasteiger charge is 2.40. The molecule has 0 aromatic heterocycles. The Morgan fingerprint density at radius 3 is 2.74 bits per heavy atom. The Hall–Kier alpha value is -1.65. The predicted molar refractivity (Wildman–Crippen MR) is 67.8 cm³/mol. The summed E-state index contributed by atoms with van der Waals surface area (Å²) in [6, 6.07) is 2.02. The van der Waals surface area contributed by atoms with Gasteiger partial charge in [0.2, 0.25) is 0 Å². The van der Waals surface area contributed by atoms with E-state index in [2.05, 4.69) is 17.6 Å². The van der Waals surface area contributed by atoms with Gasteiger partial charge in [-0.2, -0.15) is 0 Å². The third-order valence-corrected chi connectivity index (χ3v) is 4.03. The number of nitrogens with one attached hydrogen (secondary N) is 2. The fourth-order valence-corrected chi connectivity index (χ4v) is 3.19. The molecule has 1 heterocycles. The molecule has 102 valence electrons. The molecular formula is C14H16F2N2O. The zero-order valence-corrected chi connectivity index (χ0v) is 10.7. The number of carbonyl (C=O) groups excluding carboxylic acids is 1. The number of rotatable bonds is 0. The largest absolute Gasteiger partial charge is 0.362 e. The second kappa shape index (κ2) is 4.18. The smallest absolute Gasteiger partial charge is 0.255 e. The summed E-state index contributed by atoms with van der Waals surface area (Å²) in [5, 5.41) is 6.13. The van der Waals surface area contributed by atoms with Crippen molar-refractivity contribution in [1.82, 2.24) is 5.32 Å². The van der Waals surface area contributed by atoms with Crippen LogP contribution < -0.4 is 10.6 Å². The minimum absolute atomic E-state index is 0.169. The summed E-state index contributed by atoms with van der Waals surface area (Å²) in [6.45, 7) is 2.13. The van der Waals surface area contributed by atoms with E-state index in [1.807, 2.05) is 0 Å². The van der Waals surface area contributed by atoms with Gasteiger partial charge in [-0.1, -0.05) is 13.3 Å². The molecule has 1 aromatic rings. The molecule has 5 heteroatoms. The van der Waals surface area contributed by atoms with Crippen LogP contribution in [-0.4, -0.2) is 11.6 Å². The molecule has 3 nitrogen and oxygen atoms in total. The van der Waals surface area contributed by atoms with E-state index in [4.69, 9.17) is 0 Å². The van der Waals surface area contributed by atoms with Crippen LogP contribution >= 0.6 is 0 Å². The quantitative estimate of drug-likeness (QED) is 0.758. The van der Waals surface area contributed by atoms with Crippen LogP contribution in [0.3, 0.4) is 0 Å². The Labute approximate surface area is 110 Å². The number of halogens is 2. The molecule has 2 aliphatic rings. The number of hydrogen-bond donors (Lipinski definition) is 2. The molecule has 1 fully saturated rings. The van der Waals surface area contributed by atoms with E-state index in [9.17, 15) is 13.6 Å². The lowest BCUT2D eigenvalue weighted by molar-refractivity contribution is 0.0857. The molecule has 1 saturated carbocycles. The Morgan fingerprint density at radius 1 is 1.26 bits per heavy atom. The molecule has 2 unspecified atom stereocenters. The fourth-order valence-electron chi connectivity index (χ4n) is 3.19. The number of carbonyl (C=O) groups is 1. The van der Waals surface area contributed by atoms with E-state index in [-0.39, 0.29) is 11.5 Å². The number of hydrogen-bond acceptors (Lipinski definition) is 2. The van der Waals surface area contributed by atoms with Crippen molar-refractivity contribution in [2.75, 3.05) is 5.32 Å².